The third-order valence-corrected chi connectivity index (χ3v) is 4.01. The van der Waals surface area contributed by atoms with Crippen LogP contribution in [0, 0.1) is 6.92 Å². The number of phenolic OH excluding ortho intramolecular Hbond substituents is 1. The van der Waals surface area contributed by atoms with Crippen LogP contribution in [0.2, 0.25) is 5.02 Å². The van der Waals surface area contributed by atoms with E-state index in [1.54, 1.807) is 6.92 Å². The Hall–Kier alpha value is -2.54. The van der Waals surface area contributed by atoms with Gasteiger partial charge in [-0.3, -0.25) is 9.59 Å². The quantitative estimate of drug-likeness (QED) is 0.707. The Morgan fingerprint density at radius 3 is 2.67 bits per heavy atom. The lowest BCUT2D eigenvalue weighted by atomic mass is 10.0. The van der Waals surface area contributed by atoms with E-state index in [1.165, 1.54) is 19.1 Å². The molecule has 7 nitrogen and oxygen atoms in total. The number of carboxylic acid groups (broad SMARTS) is 1. The zero-order valence-corrected chi connectivity index (χ0v) is 13.8. The van der Waals surface area contributed by atoms with Crippen LogP contribution >= 0.6 is 11.6 Å². The normalized spacial score (nSPS) is 12.1. The second-order valence-electron chi connectivity index (χ2n) is 5.42. The number of halogens is 1. The molecule has 2 aromatic rings. The van der Waals surface area contributed by atoms with Crippen LogP contribution in [-0.2, 0) is 16.0 Å². The molecule has 0 bridgehead atoms. The van der Waals surface area contributed by atoms with Crippen LogP contribution < -0.4 is 10.9 Å². The van der Waals surface area contributed by atoms with E-state index in [0.29, 0.717) is 16.5 Å². The third kappa shape index (κ3) is 3.68. The Bertz CT molecular complexity index is 873. The molecule has 24 heavy (non-hydrogen) atoms. The van der Waals surface area contributed by atoms with Gasteiger partial charge in [0.15, 0.2) is 0 Å². The summed E-state index contributed by atoms with van der Waals surface area (Å²) in [5.74, 6) is -1.81. The molecule has 1 amide bonds. The van der Waals surface area contributed by atoms with Crippen molar-refractivity contribution >= 4 is 34.4 Å². The van der Waals surface area contributed by atoms with Gasteiger partial charge in [-0.05, 0) is 31.9 Å². The van der Waals surface area contributed by atoms with Gasteiger partial charge in [0.25, 0.3) is 0 Å². The lowest BCUT2D eigenvalue weighted by Crippen LogP contribution is -2.38. The van der Waals surface area contributed by atoms with Gasteiger partial charge in [0, 0.05) is 23.4 Å². The van der Waals surface area contributed by atoms with Crippen LogP contribution in [0.5, 0.6) is 5.75 Å². The number of hydrogen-bond donors (Lipinski definition) is 3. The Labute approximate surface area is 141 Å². The minimum atomic E-state index is -1.14. The topological polar surface area (TPSA) is 117 Å². The largest absolute Gasteiger partial charge is 0.506 e. The molecule has 1 atom stereocenters. The second kappa shape index (κ2) is 6.92. The molecule has 8 heteroatoms. The number of rotatable bonds is 5. The number of carbonyl (C=O) groups is 2. The van der Waals surface area contributed by atoms with Crippen LogP contribution in [0.15, 0.2) is 21.3 Å². The van der Waals surface area contributed by atoms with E-state index in [2.05, 4.69) is 5.32 Å². The fourth-order valence-corrected chi connectivity index (χ4v) is 2.46. The SMILES string of the molecule is Cc1c(CCC(=O)N[C@@H](C)C(=O)O)c(=O)oc2cc(O)c(Cl)cc12. The summed E-state index contributed by atoms with van der Waals surface area (Å²) in [6.45, 7) is 3.05. The molecule has 0 radical (unpaired) electrons. The van der Waals surface area contributed by atoms with E-state index in [1.807, 2.05) is 0 Å². The van der Waals surface area contributed by atoms with E-state index in [4.69, 9.17) is 21.1 Å². The van der Waals surface area contributed by atoms with Crippen molar-refractivity contribution in [3.05, 3.63) is 38.7 Å². The van der Waals surface area contributed by atoms with Gasteiger partial charge in [-0.2, -0.15) is 0 Å². The highest BCUT2D eigenvalue weighted by atomic mass is 35.5. The van der Waals surface area contributed by atoms with Crippen molar-refractivity contribution in [2.24, 2.45) is 0 Å². The maximum absolute atomic E-state index is 12.1. The summed E-state index contributed by atoms with van der Waals surface area (Å²) in [7, 11) is 0. The number of aryl methyl sites for hydroxylation is 1. The highest BCUT2D eigenvalue weighted by Crippen LogP contribution is 2.30. The van der Waals surface area contributed by atoms with Crippen molar-refractivity contribution in [1.82, 2.24) is 5.32 Å². The van der Waals surface area contributed by atoms with Crippen LogP contribution in [-0.4, -0.2) is 28.1 Å². The molecule has 1 heterocycles. The summed E-state index contributed by atoms with van der Waals surface area (Å²) in [5.41, 5.74) is 0.498. The number of hydrogen-bond acceptors (Lipinski definition) is 5. The van der Waals surface area contributed by atoms with E-state index < -0.39 is 23.5 Å². The molecule has 1 aromatic carbocycles. The molecular weight excluding hydrogens is 338 g/mol. The number of carboxylic acids is 1. The summed E-state index contributed by atoms with van der Waals surface area (Å²) >= 11 is 5.88. The number of aromatic hydroxyl groups is 1. The van der Waals surface area contributed by atoms with Crippen LogP contribution in [0.4, 0.5) is 0 Å². The molecule has 0 unspecified atom stereocenters. The molecule has 0 saturated heterocycles. The van der Waals surface area contributed by atoms with Crippen molar-refractivity contribution < 1.29 is 24.2 Å². The van der Waals surface area contributed by atoms with Crippen molar-refractivity contribution in [2.75, 3.05) is 0 Å². The minimum Gasteiger partial charge on any atom is -0.506 e. The predicted molar refractivity (Wildman–Crippen MR) is 87.5 cm³/mol. The van der Waals surface area contributed by atoms with Crippen LogP contribution in [0.1, 0.15) is 24.5 Å². The van der Waals surface area contributed by atoms with Gasteiger partial charge < -0.3 is 19.9 Å². The van der Waals surface area contributed by atoms with E-state index in [0.717, 1.165) is 0 Å². The van der Waals surface area contributed by atoms with Crippen molar-refractivity contribution in [3.8, 4) is 5.75 Å². The van der Waals surface area contributed by atoms with Crippen molar-refractivity contribution in [3.63, 3.8) is 0 Å². The van der Waals surface area contributed by atoms with Gasteiger partial charge in [-0.25, -0.2) is 4.79 Å². The number of benzene rings is 1. The van der Waals surface area contributed by atoms with Gasteiger partial charge in [0.1, 0.15) is 17.4 Å². The van der Waals surface area contributed by atoms with E-state index in [-0.39, 0.29) is 29.2 Å². The Morgan fingerprint density at radius 1 is 1.38 bits per heavy atom. The van der Waals surface area contributed by atoms with Gasteiger partial charge >= 0.3 is 11.6 Å². The molecule has 3 N–H and O–H groups in total. The first-order chi connectivity index (χ1) is 11.2. The number of fused-ring (bicyclic) bond motifs is 1. The zero-order chi connectivity index (χ0) is 18.0. The molecular formula is C16H16ClNO6. The van der Waals surface area contributed by atoms with E-state index >= 15 is 0 Å². The molecule has 0 aliphatic heterocycles. The monoisotopic (exact) mass is 353 g/mol. The van der Waals surface area contributed by atoms with Gasteiger partial charge in [-0.15, -0.1) is 0 Å². The third-order valence-electron chi connectivity index (χ3n) is 3.70. The molecule has 2 rings (SSSR count). The van der Waals surface area contributed by atoms with Gasteiger partial charge in [0.2, 0.25) is 5.91 Å². The predicted octanol–water partition coefficient (Wildman–Crippen LogP) is 1.98. The Balaban J connectivity index is 2.26. The summed E-state index contributed by atoms with van der Waals surface area (Å²) in [4.78, 5) is 34.6. The van der Waals surface area contributed by atoms with E-state index in [9.17, 15) is 19.5 Å². The van der Waals surface area contributed by atoms with Crippen molar-refractivity contribution in [1.29, 1.82) is 0 Å². The number of aliphatic carboxylic acids is 1. The molecule has 0 aliphatic rings. The smallest absolute Gasteiger partial charge is 0.339 e. The van der Waals surface area contributed by atoms with Crippen LogP contribution in [0.3, 0.4) is 0 Å². The van der Waals surface area contributed by atoms with Crippen molar-refractivity contribution in [2.45, 2.75) is 32.7 Å². The molecule has 128 valence electrons. The Kier molecular flexibility index (Phi) is 5.14. The summed E-state index contributed by atoms with van der Waals surface area (Å²) in [5, 5.41) is 21.3. The second-order valence-corrected chi connectivity index (χ2v) is 5.83. The molecule has 0 saturated carbocycles. The maximum atomic E-state index is 12.1. The highest BCUT2D eigenvalue weighted by Gasteiger charge is 2.17. The summed E-state index contributed by atoms with van der Waals surface area (Å²) in [6.07, 6.45) is 0.0430. The molecule has 0 aliphatic carbocycles. The van der Waals surface area contributed by atoms with Gasteiger partial charge in [-0.1, -0.05) is 11.6 Å². The highest BCUT2D eigenvalue weighted by molar-refractivity contribution is 6.32. The minimum absolute atomic E-state index is 0.0550. The number of phenols is 1. The standard InChI is InChI=1S/C16H16ClNO6/c1-7-9(3-4-14(20)18-8(2)15(21)22)16(23)24-13-6-12(19)11(17)5-10(7)13/h5-6,8,19H,3-4H2,1-2H3,(H,18,20)(H,21,22)/t8-/m0/s1. The molecule has 0 spiro atoms. The zero-order valence-electron chi connectivity index (χ0n) is 13.1. The Morgan fingerprint density at radius 2 is 2.04 bits per heavy atom. The molecule has 0 fully saturated rings. The summed E-state index contributed by atoms with van der Waals surface area (Å²) < 4.78 is 5.16. The number of carbonyl (C=O) groups excluding carboxylic acids is 1. The number of nitrogens with one attached hydrogen (secondary N) is 1. The number of amides is 1. The van der Waals surface area contributed by atoms with Gasteiger partial charge in [0.05, 0.1) is 5.02 Å². The average Bonchev–Trinajstić information content (AvgIpc) is 2.49. The average molecular weight is 354 g/mol. The van der Waals surface area contributed by atoms with Crippen LogP contribution in [0.25, 0.3) is 11.0 Å². The first-order valence-corrected chi connectivity index (χ1v) is 7.55. The maximum Gasteiger partial charge on any atom is 0.339 e. The summed E-state index contributed by atoms with van der Waals surface area (Å²) in [6, 6.07) is 1.74. The lowest BCUT2D eigenvalue weighted by Gasteiger charge is -2.11. The fraction of sp³-hybridized carbons (Fsp3) is 0.312. The fourth-order valence-electron chi connectivity index (χ4n) is 2.30. The first kappa shape index (κ1) is 17.8. The first-order valence-electron chi connectivity index (χ1n) is 7.17. The lowest BCUT2D eigenvalue weighted by molar-refractivity contribution is -0.141. The molecule has 1 aromatic heterocycles.